The summed E-state index contributed by atoms with van der Waals surface area (Å²) >= 11 is 0. The Morgan fingerprint density at radius 3 is 2.62 bits per heavy atom. The fraction of sp³-hybridized carbons (Fsp3) is 0.500. The molecule has 0 aliphatic carbocycles. The first-order valence-corrected chi connectivity index (χ1v) is 9.02. The highest BCUT2D eigenvalue weighted by atomic mass is 127. The minimum Gasteiger partial charge on any atom is -0.489 e. The zero-order valence-corrected chi connectivity index (χ0v) is 18.9. The number of hydrogen-bond donors (Lipinski definition) is 2. The molecule has 1 heterocycles. The van der Waals surface area contributed by atoms with Gasteiger partial charge in [-0.05, 0) is 31.5 Å². The number of nitrogens with one attached hydrogen (secondary N) is 2. The molecule has 11 heteroatoms. The molecular weight excluding hydrogens is 500 g/mol. The largest absolute Gasteiger partial charge is 0.489 e. The lowest BCUT2D eigenvalue weighted by Crippen LogP contribution is -2.42. The fourth-order valence-corrected chi connectivity index (χ4v) is 2.37. The average Bonchev–Trinajstić information content (AvgIpc) is 3.07. The number of alkyl halides is 3. The summed E-state index contributed by atoms with van der Waals surface area (Å²) in [5.41, 5.74) is -0.730. The van der Waals surface area contributed by atoms with Crippen LogP contribution in [0.25, 0.3) is 0 Å². The van der Waals surface area contributed by atoms with Gasteiger partial charge in [-0.2, -0.15) is 18.3 Å². The van der Waals surface area contributed by atoms with E-state index in [1.165, 1.54) is 18.5 Å². The van der Waals surface area contributed by atoms with Crippen LogP contribution in [0.5, 0.6) is 5.75 Å². The molecule has 2 rings (SSSR count). The number of rotatable bonds is 8. The summed E-state index contributed by atoms with van der Waals surface area (Å²) in [5.74, 6) is 1.46. The number of guanidine groups is 1. The highest BCUT2D eigenvalue weighted by molar-refractivity contribution is 14.0. The molecule has 7 nitrogen and oxygen atoms in total. The Bertz CT molecular complexity index is 781. The maximum Gasteiger partial charge on any atom is 0.416 e. The Labute approximate surface area is 185 Å². The molecule has 0 saturated carbocycles. The number of halogens is 4. The molecular formula is C18H26F3IN6O. The predicted molar refractivity (Wildman–Crippen MR) is 115 cm³/mol. The van der Waals surface area contributed by atoms with E-state index in [2.05, 4.69) is 25.7 Å². The quantitative estimate of drug-likeness (QED) is 0.314. The van der Waals surface area contributed by atoms with Crippen molar-refractivity contribution in [3.8, 4) is 5.75 Å². The van der Waals surface area contributed by atoms with Crippen LogP contribution in [-0.4, -0.2) is 39.9 Å². The summed E-state index contributed by atoms with van der Waals surface area (Å²) in [5, 5.41) is 10.3. The highest BCUT2D eigenvalue weighted by Crippen LogP contribution is 2.31. The van der Waals surface area contributed by atoms with Crippen molar-refractivity contribution in [3.63, 3.8) is 0 Å². The Kier molecular flexibility index (Phi) is 10.2. The molecule has 2 aromatic rings. The van der Waals surface area contributed by atoms with E-state index in [1.807, 2.05) is 13.8 Å². The van der Waals surface area contributed by atoms with Crippen LogP contribution >= 0.6 is 24.0 Å². The molecule has 0 fully saturated rings. The summed E-state index contributed by atoms with van der Waals surface area (Å²) < 4.78 is 45.9. The summed E-state index contributed by atoms with van der Waals surface area (Å²) in [6.07, 6.45) is -2.64. The van der Waals surface area contributed by atoms with Crippen LogP contribution in [0, 0.1) is 0 Å². The van der Waals surface area contributed by atoms with Crippen LogP contribution in [0.15, 0.2) is 35.6 Å². The molecule has 1 aromatic heterocycles. The molecule has 0 radical (unpaired) electrons. The third kappa shape index (κ3) is 8.07. The number of benzene rings is 1. The third-order valence-corrected chi connectivity index (χ3v) is 3.94. The van der Waals surface area contributed by atoms with Gasteiger partial charge < -0.3 is 15.4 Å². The van der Waals surface area contributed by atoms with Crippen LogP contribution in [0.2, 0.25) is 0 Å². The Balaban J connectivity index is 0.00000420. The van der Waals surface area contributed by atoms with E-state index in [0.717, 1.165) is 12.1 Å². The lowest BCUT2D eigenvalue weighted by Gasteiger charge is -2.20. The number of hydrogen-bond acceptors (Lipinski definition) is 4. The van der Waals surface area contributed by atoms with Crippen molar-refractivity contribution >= 4 is 29.9 Å². The SMILES string of the molecule is CCNC(=NCc1ncnn1C)NCC(CC)Oc1cccc(C(F)(F)F)c1.I. The Morgan fingerprint density at radius 1 is 1.28 bits per heavy atom. The van der Waals surface area contributed by atoms with Gasteiger partial charge in [0.05, 0.1) is 12.1 Å². The maximum atomic E-state index is 12.9. The van der Waals surface area contributed by atoms with E-state index in [-0.39, 0.29) is 35.8 Å². The van der Waals surface area contributed by atoms with Crippen molar-refractivity contribution in [2.24, 2.45) is 12.0 Å². The molecule has 1 unspecified atom stereocenters. The number of aliphatic imine (C=N–C) groups is 1. The molecule has 162 valence electrons. The summed E-state index contributed by atoms with van der Waals surface area (Å²) in [7, 11) is 1.79. The topological polar surface area (TPSA) is 76.4 Å². The molecule has 29 heavy (non-hydrogen) atoms. The molecule has 2 N–H and O–H groups in total. The van der Waals surface area contributed by atoms with E-state index < -0.39 is 11.7 Å². The summed E-state index contributed by atoms with van der Waals surface area (Å²) in [6, 6.07) is 4.89. The predicted octanol–water partition coefficient (Wildman–Crippen LogP) is 3.36. The van der Waals surface area contributed by atoms with E-state index in [1.54, 1.807) is 11.7 Å². The molecule has 0 aliphatic rings. The zero-order valence-electron chi connectivity index (χ0n) is 16.5. The van der Waals surface area contributed by atoms with Crippen molar-refractivity contribution in [2.75, 3.05) is 13.1 Å². The van der Waals surface area contributed by atoms with E-state index in [4.69, 9.17) is 4.74 Å². The van der Waals surface area contributed by atoms with Gasteiger partial charge in [0, 0.05) is 13.6 Å². The second-order valence-corrected chi connectivity index (χ2v) is 6.05. The lowest BCUT2D eigenvalue weighted by atomic mass is 10.2. The second kappa shape index (κ2) is 11.8. The van der Waals surface area contributed by atoms with Gasteiger partial charge in [0.25, 0.3) is 0 Å². The molecule has 1 atom stereocenters. The van der Waals surface area contributed by atoms with Gasteiger partial charge in [-0.15, -0.1) is 24.0 Å². The molecule has 0 aliphatic heterocycles. The number of aromatic nitrogens is 3. The molecule has 0 saturated heterocycles. The monoisotopic (exact) mass is 526 g/mol. The summed E-state index contributed by atoms with van der Waals surface area (Å²) in [4.78, 5) is 8.56. The van der Waals surface area contributed by atoms with Gasteiger partial charge in [0.1, 0.15) is 30.5 Å². The summed E-state index contributed by atoms with van der Waals surface area (Å²) in [6.45, 7) is 5.24. The fourth-order valence-electron chi connectivity index (χ4n) is 2.37. The number of aryl methyl sites for hydroxylation is 1. The van der Waals surface area contributed by atoms with Gasteiger partial charge in [0.15, 0.2) is 5.96 Å². The molecule has 0 bridgehead atoms. The molecule has 0 amide bonds. The van der Waals surface area contributed by atoms with Crippen molar-refractivity contribution in [1.82, 2.24) is 25.4 Å². The van der Waals surface area contributed by atoms with Gasteiger partial charge in [0.2, 0.25) is 0 Å². The minimum absolute atomic E-state index is 0. The van der Waals surface area contributed by atoms with Crippen LogP contribution in [0.4, 0.5) is 13.2 Å². The normalized spacial score (nSPS) is 12.8. The average molecular weight is 526 g/mol. The molecule has 0 spiro atoms. The van der Waals surface area contributed by atoms with Gasteiger partial charge in [-0.1, -0.05) is 13.0 Å². The van der Waals surface area contributed by atoms with Crippen molar-refractivity contribution in [1.29, 1.82) is 0 Å². The second-order valence-electron chi connectivity index (χ2n) is 6.05. The van der Waals surface area contributed by atoms with Crippen molar-refractivity contribution in [2.45, 2.75) is 39.1 Å². The zero-order chi connectivity index (χ0) is 20.6. The van der Waals surface area contributed by atoms with Gasteiger partial charge in [-0.25, -0.2) is 9.98 Å². The maximum absolute atomic E-state index is 12.9. The lowest BCUT2D eigenvalue weighted by molar-refractivity contribution is -0.137. The first-order chi connectivity index (χ1) is 13.3. The minimum atomic E-state index is -4.40. The van der Waals surface area contributed by atoms with E-state index >= 15 is 0 Å². The first-order valence-electron chi connectivity index (χ1n) is 9.02. The Hall–Kier alpha value is -2.05. The van der Waals surface area contributed by atoms with Crippen LogP contribution in [0.1, 0.15) is 31.7 Å². The van der Waals surface area contributed by atoms with Crippen molar-refractivity contribution < 1.29 is 17.9 Å². The Morgan fingerprint density at radius 2 is 2.03 bits per heavy atom. The smallest absolute Gasteiger partial charge is 0.416 e. The van der Waals surface area contributed by atoms with E-state index in [9.17, 15) is 13.2 Å². The first kappa shape index (κ1) is 25.0. The highest BCUT2D eigenvalue weighted by Gasteiger charge is 2.30. The van der Waals surface area contributed by atoms with Crippen LogP contribution in [0.3, 0.4) is 0 Å². The number of ether oxygens (including phenoxy) is 1. The van der Waals surface area contributed by atoms with Crippen LogP contribution in [-0.2, 0) is 19.8 Å². The van der Waals surface area contributed by atoms with Gasteiger partial charge >= 0.3 is 6.18 Å². The third-order valence-electron chi connectivity index (χ3n) is 3.94. The standard InChI is InChI=1S/C18H25F3N6O.HI/c1-4-14(28-15-8-6-7-13(9-15)18(19,20)21)10-23-17(22-5-2)24-11-16-25-12-26-27(16)3;/h6-9,12,14H,4-5,10-11H2,1-3H3,(H2,22,23,24);1H. The van der Waals surface area contributed by atoms with Crippen LogP contribution < -0.4 is 15.4 Å². The number of nitrogens with zero attached hydrogens (tertiary/aromatic N) is 4. The molecule has 1 aromatic carbocycles. The van der Waals surface area contributed by atoms with E-state index in [0.29, 0.717) is 37.8 Å². The van der Waals surface area contributed by atoms with Crippen molar-refractivity contribution in [3.05, 3.63) is 42.0 Å². The van der Waals surface area contributed by atoms with Gasteiger partial charge in [-0.3, -0.25) is 4.68 Å².